The number of benzene rings is 2. The molecule has 0 amide bonds. The molecule has 0 aliphatic heterocycles. The molecule has 0 aliphatic rings. The van der Waals surface area contributed by atoms with Crippen molar-refractivity contribution >= 4 is 21.8 Å². The number of aromatic nitrogens is 2. The average molecular weight is 301 g/mol. The fraction of sp³-hybridized carbons (Fsp3) is 0.190. The van der Waals surface area contributed by atoms with Gasteiger partial charge in [0.05, 0.1) is 0 Å². The topological polar surface area (TPSA) is 8.81 Å². The molecule has 0 radical (unpaired) electrons. The minimum atomic E-state index is 1.07. The molecule has 0 bridgehead atoms. The summed E-state index contributed by atoms with van der Waals surface area (Å²) in [4.78, 5) is 0. The van der Waals surface area contributed by atoms with Gasteiger partial charge < -0.3 is 4.57 Å². The summed E-state index contributed by atoms with van der Waals surface area (Å²) in [7, 11) is 0. The first-order valence-corrected chi connectivity index (χ1v) is 8.33. The molecule has 2 aromatic carbocycles. The van der Waals surface area contributed by atoms with Crippen molar-refractivity contribution in [3.8, 4) is 0 Å². The molecule has 0 unspecified atom stereocenters. The fourth-order valence-electron chi connectivity index (χ4n) is 3.39. The van der Waals surface area contributed by atoms with Gasteiger partial charge in [0, 0.05) is 46.9 Å². The zero-order valence-electron chi connectivity index (χ0n) is 13.2. The van der Waals surface area contributed by atoms with Crippen LogP contribution in [-0.2, 0) is 13.1 Å². The van der Waals surface area contributed by atoms with Gasteiger partial charge >= 0.3 is 0 Å². The van der Waals surface area contributed by atoms with Gasteiger partial charge in [0.1, 0.15) is 6.54 Å². The smallest absolute Gasteiger partial charge is 0.168 e. The summed E-state index contributed by atoms with van der Waals surface area (Å²) in [6, 6.07) is 23.7. The standard InChI is InChI=1S/C21H21N2/c1-6-14-22(15-7-1)16-8-9-17-23-20-12-4-2-10-18(20)19-11-3-5-13-21(19)23/h1-7,10-15H,8-9,16-17H2/q+1. The molecule has 0 aliphatic carbocycles. The van der Waals surface area contributed by atoms with Gasteiger partial charge in [-0.3, -0.25) is 0 Å². The number of nitrogens with zero attached hydrogens (tertiary/aromatic N) is 2. The zero-order valence-corrected chi connectivity index (χ0v) is 13.2. The molecule has 2 nitrogen and oxygen atoms in total. The summed E-state index contributed by atoms with van der Waals surface area (Å²) in [5, 5.41) is 2.72. The summed E-state index contributed by atoms with van der Waals surface area (Å²) in [5.41, 5.74) is 2.70. The van der Waals surface area contributed by atoms with Gasteiger partial charge in [-0.05, 0) is 18.6 Å². The van der Waals surface area contributed by atoms with E-state index >= 15 is 0 Å². The Morgan fingerprint density at radius 1 is 0.652 bits per heavy atom. The van der Waals surface area contributed by atoms with Gasteiger partial charge in [-0.25, -0.2) is 4.57 Å². The van der Waals surface area contributed by atoms with Crippen LogP contribution < -0.4 is 4.57 Å². The van der Waals surface area contributed by atoms with E-state index in [0.29, 0.717) is 0 Å². The second-order valence-electron chi connectivity index (χ2n) is 6.01. The van der Waals surface area contributed by atoms with E-state index in [1.807, 2.05) is 0 Å². The third-order valence-electron chi connectivity index (χ3n) is 4.51. The van der Waals surface area contributed by atoms with Crippen molar-refractivity contribution in [3.05, 3.63) is 79.1 Å². The number of hydrogen-bond acceptors (Lipinski definition) is 0. The molecule has 23 heavy (non-hydrogen) atoms. The predicted molar refractivity (Wildman–Crippen MR) is 95.3 cm³/mol. The lowest BCUT2D eigenvalue weighted by molar-refractivity contribution is -0.697. The Morgan fingerprint density at radius 3 is 1.91 bits per heavy atom. The highest BCUT2D eigenvalue weighted by atomic mass is 15.0. The van der Waals surface area contributed by atoms with E-state index in [2.05, 4.69) is 88.3 Å². The lowest BCUT2D eigenvalue weighted by atomic mass is 10.2. The highest BCUT2D eigenvalue weighted by Crippen LogP contribution is 2.28. The van der Waals surface area contributed by atoms with E-state index in [4.69, 9.17) is 0 Å². The Kier molecular flexibility index (Phi) is 3.81. The molecule has 0 saturated heterocycles. The second kappa shape index (κ2) is 6.25. The average Bonchev–Trinajstić information content (AvgIpc) is 2.94. The van der Waals surface area contributed by atoms with Crippen molar-refractivity contribution < 1.29 is 4.57 Å². The molecule has 0 N–H and O–H groups in total. The predicted octanol–water partition coefficient (Wildman–Crippen LogP) is 4.56. The lowest BCUT2D eigenvalue weighted by Gasteiger charge is -2.06. The van der Waals surface area contributed by atoms with Crippen molar-refractivity contribution in [3.63, 3.8) is 0 Å². The van der Waals surface area contributed by atoms with Crippen LogP contribution in [0.15, 0.2) is 79.1 Å². The first-order chi connectivity index (χ1) is 11.4. The fourth-order valence-corrected chi connectivity index (χ4v) is 3.39. The second-order valence-corrected chi connectivity index (χ2v) is 6.01. The molecule has 4 rings (SSSR count). The van der Waals surface area contributed by atoms with Crippen molar-refractivity contribution in [1.29, 1.82) is 0 Å². The summed E-state index contributed by atoms with van der Waals surface area (Å²) < 4.78 is 4.73. The van der Waals surface area contributed by atoms with E-state index < -0.39 is 0 Å². The molecular formula is C21H21N2+. The lowest BCUT2D eigenvalue weighted by Crippen LogP contribution is -2.32. The van der Waals surface area contributed by atoms with Crippen LogP contribution in [0.2, 0.25) is 0 Å². The first kappa shape index (κ1) is 14.0. The molecular weight excluding hydrogens is 280 g/mol. The van der Waals surface area contributed by atoms with Gasteiger partial charge in [-0.15, -0.1) is 0 Å². The third kappa shape index (κ3) is 2.72. The van der Waals surface area contributed by atoms with Gasteiger partial charge in [-0.2, -0.15) is 0 Å². The minimum Gasteiger partial charge on any atom is -0.340 e. The Morgan fingerprint density at radius 2 is 1.26 bits per heavy atom. The minimum absolute atomic E-state index is 1.07. The van der Waals surface area contributed by atoms with Crippen LogP contribution >= 0.6 is 0 Å². The number of rotatable bonds is 5. The van der Waals surface area contributed by atoms with E-state index in [9.17, 15) is 0 Å². The molecule has 2 heteroatoms. The van der Waals surface area contributed by atoms with Crippen molar-refractivity contribution in [1.82, 2.24) is 4.57 Å². The van der Waals surface area contributed by atoms with E-state index in [-0.39, 0.29) is 0 Å². The maximum atomic E-state index is 2.47. The number of fused-ring (bicyclic) bond motifs is 3. The zero-order chi connectivity index (χ0) is 15.5. The molecule has 2 heterocycles. The van der Waals surface area contributed by atoms with Gasteiger partial charge in [0.25, 0.3) is 0 Å². The maximum absolute atomic E-state index is 2.47. The van der Waals surface area contributed by atoms with E-state index in [1.54, 1.807) is 0 Å². The van der Waals surface area contributed by atoms with Crippen molar-refractivity contribution in [2.75, 3.05) is 0 Å². The van der Waals surface area contributed by atoms with Crippen LogP contribution in [0.25, 0.3) is 21.8 Å². The van der Waals surface area contributed by atoms with Crippen LogP contribution in [0.3, 0.4) is 0 Å². The summed E-state index contributed by atoms with van der Waals surface area (Å²) in [6.07, 6.45) is 6.65. The third-order valence-corrected chi connectivity index (χ3v) is 4.51. The largest absolute Gasteiger partial charge is 0.340 e. The van der Waals surface area contributed by atoms with Gasteiger partial charge in [0.15, 0.2) is 12.4 Å². The summed E-state index contributed by atoms with van der Waals surface area (Å²) in [6.45, 7) is 2.15. The van der Waals surface area contributed by atoms with Gasteiger partial charge in [-0.1, -0.05) is 42.5 Å². The quantitative estimate of drug-likeness (QED) is 0.377. The van der Waals surface area contributed by atoms with Gasteiger partial charge in [0.2, 0.25) is 0 Å². The number of unbranched alkanes of at least 4 members (excludes halogenated alkanes) is 1. The number of hydrogen-bond donors (Lipinski definition) is 0. The van der Waals surface area contributed by atoms with Crippen LogP contribution in [-0.4, -0.2) is 4.57 Å². The molecule has 0 fully saturated rings. The summed E-state index contributed by atoms with van der Waals surface area (Å²) >= 11 is 0. The number of para-hydroxylation sites is 2. The Bertz CT molecular complexity index is 869. The van der Waals surface area contributed by atoms with E-state index in [0.717, 1.165) is 13.1 Å². The highest BCUT2D eigenvalue weighted by molar-refractivity contribution is 6.07. The van der Waals surface area contributed by atoms with Crippen LogP contribution in [0.1, 0.15) is 12.8 Å². The first-order valence-electron chi connectivity index (χ1n) is 8.33. The van der Waals surface area contributed by atoms with E-state index in [1.165, 1.54) is 34.6 Å². The maximum Gasteiger partial charge on any atom is 0.168 e. The Hall–Kier alpha value is -2.61. The number of aryl methyl sites for hydroxylation is 2. The molecule has 0 atom stereocenters. The monoisotopic (exact) mass is 301 g/mol. The number of pyridine rings is 1. The molecule has 0 spiro atoms. The van der Waals surface area contributed by atoms with Crippen molar-refractivity contribution in [2.24, 2.45) is 0 Å². The highest BCUT2D eigenvalue weighted by Gasteiger charge is 2.09. The molecule has 4 aromatic rings. The summed E-state index contributed by atoms with van der Waals surface area (Å²) in [5.74, 6) is 0. The van der Waals surface area contributed by atoms with Crippen LogP contribution in [0.5, 0.6) is 0 Å². The Balaban J connectivity index is 1.56. The van der Waals surface area contributed by atoms with Crippen LogP contribution in [0, 0.1) is 0 Å². The molecule has 0 saturated carbocycles. The van der Waals surface area contributed by atoms with Crippen LogP contribution in [0.4, 0.5) is 0 Å². The Labute approximate surface area is 136 Å². The SMILES string of the molecule is c1cc[n+](CCCCn2c3ccccc3c3ccccc32)cc1. The normalized spacial score (nSPS) is 11.3. The molecule has 114 valence electrons. The van der Waals surface area contributed by atoms with Crippen molar-refractivity contribution in [2.45, 2.75) is 25.9 Å². The molecule has 2 aromatic heterocycles.